The normalized spacial score (nSPS) is 27.6. The fourth-order valence-electron chi connectivity index (χ4n) is 4.09. The van der Waals surface area contributed by atoms with Gasteiger partial charge in [-0.25, -0.2) is 4.79 Å². The van der Waals surface area contributed by atoms with E-state index in [4.69, 9.17) is 9.96 Å². The molecule has 3 unspecified atom stereocenters. The smallest absolute Gasteiger partial charge is 0.342 e. The fraction of sp³-hybridized carbons (Fsp3) is 0.750. The van der Waals surface area contributed by atoms with E-state index in [0.29, 0.717) is 37.4 Å². The van der Waals surface area contributed by atoms with Crippen molar-refractivity contribution in [3.8, 4) is 0 Å². The predicted octanol–water partition coefficient (Wildman–Crippen LogP) is -0.269. The van der Waals surface area contributed by atoms with Crippen LogP contribution in [0.15, 0.2) is 0 Å². The van der Waals surface area contributed by atoms with Crippen LogP contribution in [0.1, 0.15) is 39.0 Å². The number of hydrogen-bond acceptors (Lipinski definition) is 7. The molecule has 13 heteroatoms. The SMILES string of the molecule is CC(=O)N1CCCCC(C(=O)NC(=N)C2CCC3CN2C(=O)N3OS(=O)(=O)O)C1. The van der Waals surface area contributed by atoms with Gasteiger partial charge in [0.25, 0.3) is 0 Å². The second kappa shape index (κ2) is 8.24. The topological polar surface area (TPSA) is 160 Å². The quantitative estimate of drug-likeness (QED) is 0.314. The van der Waals surface area contributed by atoms with Crippen molar-refractivity contribution in [3.63, 3.8) is 0 Å². The Hall–Kier alpha value is -2.25. The molecular formula is C16H25N5O7S. The number of hydrogen-bond donors (Lipinski definition) is 3. The summed E-state index contributed by atoms with van der Waals surface area (Å²) in [4.78, 5) is 39.6. The summed E-state index contributed by atoms with van der Waals surface area (Å²) in [6.07, 6.45) is 2.91. The van der Waals surface area contributed by atoms with Crippen LogP contribution in [0.25, 0.3) is 0 Å². The lowest BCUT2D eigenvalue weighted by Gasteiger charge is -2.31. The van der Waals surface area contributed by atoms with E-state index in [0.717, 1.165) is 12.8 Å². The van der Waals surface area contributed by atoms with Gasteiger partial charge in [0, 0.05) is 26.6 Å². The van der Waals surface area contributed by atoms with E-state index in [9.17, 15) is 22.8 Å². The first-order valence-corrected chi connectivity index (χ1v) is 10.8. The Balaban J connectivity index is 1.63. The van der Waals surface area contributed by atoms with E-state index >= 15 is 0 Å². The van der Waals surface area contributed by atoms with Gasteiger partial charge >= 0.3 is 16.4 Å². The summed E-state index contributed by atoms with van der Waals surface area (Å²) in [6.45, 7) is 2.48. The van der Waals surface area contributed by atoms with Gasteiger partial charge in [-0.15, -0.1) is 4.28 Å². The lowest BCUT2D eigenvalue weighted by molar-refractivity contribution is -0.131. The third-order valence-corrected chi connectivity index (χ3v) is 5.92. The number of urea groups is 1. The molecule has 3 heterocycles. The van der Waals surface area contributed by atoms with Crippen LogP contribution < -0.4 is 5.32 Å². The lowest BCUT2D eigenvalue weighted by atomic mass is 9.98. The molecule has 0 aromatic heterocycles. The van der Waals surface area contributed by atoms with Gasteiger partial charge < -0.3 is 15.1 Å². The van der Waals surface area contributed by atoms with Gasteiger partial charge in [0.1, 0.15) is 5.84 Å². The summed E-state index contributed by atoms with van der Waals surface area (Å²) >= 11 is 0. The van der Waals surface area contributed by atoms with Crippen LogP contribution in [0.3, 0.4) is 0 Å². The summed E-state index contributed by atoms with van der Waals surface area (Å²) in [6, 6.07) is -2.08. The zero-order valence-electron chi connectivity index (χ0n) is 16.0. The fourth-order valence-corrected chi connectivity index (χ4v) is 4.48. The first-order chi connectivity index (χ1) is 13.6. The van der Waals surface area contributed by atoms with Gasteiger partial charge in [-0.3, -0.25) is 19.6 Å². The van der Waals surface area contributed by atoms with E-state index in [2.05, 4.69) is 9.60 Å². The van der Waals surface area contributed by atoms with Crippen molar-refractivity contribution < 1.29 is 31.6 Å². The summed E-state index contributed by atoms with van der Waals surface area (Å²) in [5.41, 5.74) is 0. The maximum Gasteiger partial charge on any atom is 0.418 e. The van der Waals surface area contributed by atoms with E-state index in [1.54, 1.807) is 4.90 Å². The Bertz CT molecular complexity index is 816. The Morgan fingerprint density at radius 3 is 2.59 bits per heavy atom. The van der Waals surface area contributed by atoms with Gasteiger partial charge in [0.2, 0.25) is 11.8 Å². The number of rotatable bonds is 4. The predicted molar refractivity (Wildman–Crippen MR) is 98.8 cm³/mol. The zero-order valence-corrected chi connectivity index (χ0v) is 16.9. The number of fused-ring (bicyclic) bond motifs is 2. The average molecular weight is 431 g/mol. The number of amidine groups is 1. The van der Waals surface area contributed by atoms with Crippen LogP contribution in [0, 0.1) is 11.3 Å². The van der Waals surface area contributed by atoms with Gasteiger partial charge in [-0.05, 0) is 25.7 Å². The van der Waals surface area contributed by atoms with Crippen molar-refractivity contribution in [2.24, 2.45) is 5.92 Å². The zero-order chi connectivity index (χ0) is 21.3. The Morgan fingerprint density at radius 2 is 1.93 bits per heavy atom. The molecule has 0 aliphatic carbocycles. The molecule has 3 saturated heterocycles. The molecule has 3 rings (SSSR count). The highest BCUT2D eigenvalue weighted by Gasteiger charge is 2.48. The van der Waals surface area contributed by atoms with Crippen molar-refractivity contribution >= 4 is 34.1 Å². The molecule has 0 aromatic carbocycles. The monoisotopic (exact) mass is 431 g/mol. The van der Waals surface area contributed by atoms with Crippen molar-refractivity contribution in [1.82, 2.24) is 20.2 Å². The summed E-state index contributed by atoms with van der Waals surface area (Å²) in [5, 5.41) is 11.4. The molecule has 3 aliphatic rings. The maximum atomic E-state index is 12.7. The van der Waals surface area contributed by atoms with E-state index in [1.807, 2.05) is 0 Å². The van der Waals surface area contributed by atoms with E-state index < -0.39 is 34.4 Å². The molecule has 3 fully saturated rings. The average Bonchev–Trinajstić information content (AvgIpc) is 2.83. The van der Waals surface area contributed by atoms with Crippen LogP contribution in [0.4, 0.5) is 4.79 Å². The standard InChI is InChI=1S/C16H25N5O7S/c1-10(22)19-7-3-2-4-11(8-19)15(23)18-14(17)13-6-5-12-9-20(13)16(24)21(12)28-29(25,26)27/h11-13H,2-9H2,1H3,(H2,17,18,23)(H,25,26,27). The molecule has 4 amide bonds. The van der Waals surface area contributed by atoms with Gasteiger partial charge in [0.15, 0.2) is 0 Å². The first-order valence-electron chi connectivity index (χ1n) is 9.48. The molecule has 3 atom stereocenters. The molecule has 162 valence electrons. The van der Waals surface area contributed by atoms with E-state index in [1.165, 1.54) is 11.8 Å². The molecule has 29 heavy (non-hydrogen) atoms. The number of nitrogens with one attached hydrogen (secondary N) is 2. The third kappa shape index (κ3) is 4.85. The van der Waals surface area contributed by atoms with Crippen LogP contribution in [-0.4, -0.2) is 83.2 Å². The highest BCUT2D eigenvalue weighted by molar-refractivity contribution is 7.80. The van der Waals surface area contributed by atoms with E-state index in [-0.39, 0.29) is 24.2 Å². The first kappa shape index (κ1) is 21.5. The number of nitrogens with zero attached hydrogens (tertiary/aromatic N) is 3. The van der Waals surface area contributed by atoms with Crippen molar-refractivity contribution in [1.29, 1.82) is 5.41 Å². The largest absolute Gasteiger partial charge is 0.418 e. The van der Waals surface area contributed by atoms with Crippen molar-refractivity contribution in [2.45, 2.75) is 51.1 Å². The maximum absolute atomic E-state index is 12.7. The number of carbonyl (C=O) groups excluding carboxylic acids is 3. The molecule has 12 nitrogen and oxygen atoms in total. The van der Waals surface area contributed by atoms with Gasteiger partial charge in [0.05, 0.1) is 18.0 Å². The van der Waals surface area contributed by atoms with Crippen molar-refractivity contribution in [3.05, 3.63) is 0 Å². The lowest BCUT2D eigenvalue weighted by Crippen LogP contribution is -2.52. The highest BCUT2D eigenvalue weighted by atomic mass is 32.3. The Kier molecular flexibility index (Phi) is 6.10. The number of piperidine rings is 1. The second-order valence-corrected chi connectivity index (χ2v) is 8.58. The van der Waals surface area contributed by atoms with Crippen LogP contribution in [0.2, 0.25) is 0 Å². The highest BCUT2D eigenvalue weighted by Crippen LogP contribution is 2.31. The molecule has 0 saturated carbocycles. The summed E-state index contributed by atoms with van der Waals surface area (Å²) in [7, 11) is -4.84. The minimum atomic E-state index is -4.84. The summed E-state index contributed by atoms with van der Waals surface area (Å²) in [5.74, 6) is -1.07. The molecule has 2 bridgehead atoms. The van der Waals surface area contributed by atoms with Crippen molar-refractivity contribution in [2.75, 3.05) is 19.6 Å². The number of hydroxylamine groups is 2. The number of likely N-dealkylation sites (tertiary alicyclic amines) is 1. The van der Waals surface area contributed by atoms with Crippen LogP contribution in [0.5, 0.6) is 0 Å². The molecule has 0 spiro atoms. The Labute approximate surface area is 168 Å². The number of carbonyl (C=O) groups is 3. The molecular weight excluding hydrogens is 406 g/mol. The molecule has 3 aliphatic heterocycles. The Morgan fingerprint density at radius 1 is 1.21 bits per heavy atom. The summed E-state index contributed by atoms with van der Waals surface area (Å²) < 4.78 is 35.1. The minimum absolute atomic E-state index is 0.0975. The minimum Gasteiger partial charge on any atom is -0.342 e. The number of amides is 4. The van der Waals surface area contributed by atoms with Gasteiger partial charge in [-0.1, -0.05) is 6.42 Å². The third-order valence-electron chi connectivity index (χ3n) is 5.58. The molecule has 0 radical (unpaired) electrons. The van der Waals surface area contributed by atoms with Crippen LogP contribution in [-0.2, 0) is 24.3 Å². The molecule has 3 N–H and O–H groups in total. The molecule has 0 aromatic rings. The van der Waals surface area contributed by atoms with Gasteiger partial charge in [-0.2, -0.15) is 13.5 Å². The second-order valence-electron chi connectivity index (χ2n) is 7.57. The van der Waals surface area contributed by atoms with Crippen LogP contribution >= 0.6 is 0 Å².